The number of halogens is 4. The van der Waals surface area contributed by atoms with Gasteiger partial charge >= 0.3 is 6.18 Å². The maximum atomic E-state index is 12.9. The quantitative estimate of drug-likeness (QED) is 0.568. The highest BCUT2D eigenvalue weighted by Crippen LogP contribution is 2.32. The summed E-state index contributed by atoms with van der Waals surface area (Å²) in [5.41, 5.74) is -0.0671. The molecular weight excluding hydrogens is 392 g/mol. The fourth-order valence-corrected chi connectivity index (χ4v) is 3.96. The van der Waals surface area contributed by atoms with E-state index in [1.54, 1.807) is 18.2 Å². The SMILES string of the molecule is O[C@H](CSc1ccc(F)cc1)CN1CCN(c2cccc(C(F)(F)F)c2)CC1. The molecule has 0 amide bonds. The van der Waals surface area contributed by atoms with Gasteiger partial charge in [0.05, 0.1) is 11.7 Å². The van der Waals surface area contributed by atoms with Crippen molar-refractivity contribution in [1.82, 2.24) is 4.90 Å². The van der Waals surface area contributed by atoms with E-state index in [4.69, 9.17) is 0 Å². The molecule has 0 bridgehead atoms. The van der Waals surface area contributed by atoms with Crippen LogP contribution in [-0.2, 0) is 6.18 Å². The molecule has 8 heteroatoms. The lowest BCUT2D eigenvalue weighted by Crippen LogP contribution is -2.49. The van der Waals surface area contributed by atoms with E-state index in [9.17, 15) is 22.7 Å². The number of piperazine rings is 1. The molecule has 0 radical (unpaired) electrons. The van der Waals surface area contributed by atoms with E-state index in [2.05, 4.69) is 4.90 Å². The summed E-state index contributed by atoms with van der Waals surface area (Å²) >= 11 is 1.47. The van der Waals surface area contributed by atoms with Crippen LogP contribution in [0.15, 0.2) is 53.4 Å². The highest BCUT2D eigenvalue weighted by molar-refractivity contribution is 7.99. The first-order valence-corrected chi connectivity index (χ1v) is 10.0. The molecule has 1 atom stereocenters. The highest BCUT2D eigenvalue weighted by Gasteiger charge is 2.31. The second-order valence-corrected chi connectivity index (χ2v) is 7.85. The molecule has 1 fully saturated rings. The Morgan fingerprint density at radius 2 is 1.68 bits per heavy atom. The van der Waals surface area contributed by atoms with E-state index >= 15 is 0 Å². The van der Waals surface area contributed by atoms with Crippen LogP contribution >= 0.6 is 11.8 Å². The van der Waals surface area contributed by atoms with Gasteiger partial charge in [-0.1, -0.05) is 6.07 Å². The second kappa shape index (κ2) is 9.15. The summed E-state index contributed by atoms with van der Waals surface area (Å²) in [6.07, 6.45) is -4.88. The van der Waals surface area contributed by atoms with Gasteiger partial charge in [-0.05, 0) is 42.5 Å². The van der Waals surface area contributed by atoms with Gasteiger partial charge in [-0.15, -0.1) is 11.8 Å². The summed E-state index contributed by atoms with van der Waals surface area (Å²) in [5, 5.41) is 10.3. The number of β-amino-alcohol motifs (C(OH)–C–C–N with tert-alkyl or cyclic N) is 1. The Balaban J connectivity index is 1.45. The highest BCUT2D eigenvalue weighted by atomic mass is 32.2. The van der Waals surface area contributed by atoms with Gasteiger partial charge in [0.25, 0.3) is 0 Å². The zero-order valence-corrected chi connectivity index (χ0v) is 16.0. The molecular formula is C20H22F4N2OS. The first-order valence-electron chi connectivity index (χ1n) is 9.02. The van der Waals surface area contributed by atoms with Crippen LogP contribution in [0.3, 0.4) is 0 Å². The van der Waals surface area contributed by atoms with Crippen molar-refractivity contribution in [3.8, 4) is 0 Å². The standard InChI is InChI=1S/C20H22F4N2OS/c21-16-4-6-19(7-5-16)28-14-18(27)13-25-8-10-26(11-9-25)17-3-1-2-15(12-17)20(22,23)24/h1-7,12,18,27H,8-11,13-14H2/t18-/m0/s1. The van der Waals surface area contributed by atoms with Crippen LogP contribution in [0.25, 0.3) is 0 Å². The van der Waals surface area contributed by atoms with Crippen LogP contribution in [0.4, 0.5) is 23.2 Å². The van der Waals surface area contributed by atoms with Crippen molar-refractivity contribution in [3.05, 3.63) is 59.9 Å². The van der Waals surface area contributed by atoms with Crippen molar-refractivity contribution < 1.29 is 22.7 Å². The van der Waals surface area contributed by atoms with Gasteiger partial charge in [0.1, 0.15) is 5.82 Å². The summed E-state index contributed by atoms with van der Waals surface area (Å²) in [5.74, 6) is 0.211. The van der Waals surface area contributed by atoms with Crippen LogP contribution in [0.5, 0.6) is 0 Å². The topological polar surface area (TPSA) is 26.7 Å². The number of rotatable bonds is 6. The predicted molar refractivity (Wildman–Crippen MR) is 103 cm³/mol. The molecule has 0 saturated carbocycles. The maximum Gasteiger partial charge on any atom is 0.416 e. The summed E-state index contributed by atoms with van der Waals surface area (Å²) < 4.78 is 51.5. The third-order valence-electron chi connectivity index (χ3n) is 4.64. The van der Waals surface area contributed by atoms with E-state index < -0.39 is 17.8 Å². The van der Waals surface area contributed by atoms with Crippen LogP contribution in [0, 0.1) is 5.82 Å². The molecule has 2 aromatic carbocycles. The first-order chi connectivity index (χ1) is 13.3. The number of anilines is 1. The molecule has 2 aromatic rings. The number of nitrogens with zero attached hydrogens (tertiary/aromatic N) is 2. The molecule has 1 aliphatic heterocycles. The maximum absolute atomic E-state index is 12.9. The Kier molecular flexibility index (Phi) is 6.85. The van der Waals surface area contributed by atoms with Gasteiger partial charge in [-0.2, -0.15) is 13.2 Å². The Morgan fingerprint density at radius 1 is 1.00 bits per heavy atom. The summed E-state index contributed by atoms with van der Waals surface area (Å²) in [6, 6.07) is 11.5. The number of hydrogen-bond donors (Lipinski definition) is 1. The van der Waals surface area contributed by atoms with Gasteiger partial charge < -0.3 is 10.0 Å². The largest absolute Gasteiger partial charge is 0.416 e. The molecule has 0 unspecified atom stereocenters. The Hall–Kier alpha value is -1.77. The third-order valence-corrected chi connectivity index (χ3v) is 5.79. The number of thioether (sulfide) groups is 1. The van der Waals surface area contributed by atoms with Crippen molar-refractivity contribution in [2.45, 2.75) is 17.2 Å². The lowest BCUT2D eigenvalue weighted by atomic mass is 10.1. The Labute approximate surface area is 166 Å². The number of aliphatic hydroxyl groups excluding tert-OH is 1. The lowest BCUT2D eigenvalue weighted by Gasteiger charge is -2.37. The van der Waals surface area contributed by atoms with Gasteiger partial charge in [0.2, 0.25) is 0 Å². The average molecular weight is 414 g/mol. The van der Waals surface area contributed by atoms with Crippen LogP contribution < -0.4 is 4.90 Å². The molecule has 3 nitrogen and oxygen atoms in total. The van der Waals surface area contributed by atoms with Crippen molar-refractivity contribution in [3.63, 3.8) is 0 Å². The summed E-state index contributed by atoms with van der Waals surface area (Å²) in [7, 11) is 0. The monoisotopic (exact) mass is 414 g/mol. The number of hydrogen-bond acceptors (Lipinski definition) is 4. The Morgan fingerprint density at radius 3 is 2.32 bits per heavy atom. The van der Waals surface area contributed by atoms with Crippen molar-refractivity contribution in [1.29, 1.82) is 0 Å². The summed E-state index contributed by atoms with van der Waals surface area (Å²) in [4.78, 5) is 4.94. The molecule has 0 spiro atoms. The molecule has 1 aliphatic rings. The normalized spacial score (nSPS) is 17.0. The lowest BCUT2D eigenvalue weighted by molar-refractivity contribution is -0.137. The van der Waals surface area contributed by atoms with E-state index in [0.29, 0.717) is 44.2 Å². The fraction of sp³-hybridized carbons (Fsp3) is 0.400. The molecule has 0 aliphatic carbocycles. The van der Waals surface area contributed by atoms with Gasteiger partial charge in [0.15, 0.2) is 0 Å². The zero-order valence-electron chi connectivity index (χ0n) is 15.2. The smallest absolute Gasteiger partial charge is 0.391 e. The molecule has 0 aromatic heterocycles. The van der Waals surface area contributed by atoms with Crippen LogP contribution in [0.2, 0.25) is 0 Å². The third kappa shape index (κ3) is 5.86. The molecule has 152 valence electrons. The van der Waals surface area contributed by atoms with E-state index in [-0.39, 0.29) is 5.82 Å². The minimum Gasteiger partial charge on any atom is -0.391 e. The minimum absolute atomic E-state index is 0.288. The Bertz CT molecular complexity index is 762. The van der Waals surface area contributed by atoms with Crippen LogP contribution in [-0.4, -0.2) is 54.6 Å². The molecule has 1 saturated heterocycles. The molecule has 1 heterocycles. The van der Waals surface area contributed by atoms with E-state index in [0.717, 1.165) is 11.0 Å². The van der Waals surface area contributed by atoms with Gasteiger partial charge in [-0.3, -0.25) is 4.90 Å². The predicted octanol–water partition coefficient (Wildman–Crippen LogP) is 4.12. The average Bonchev–Trinajstić information content (AvgIpc) is 2.68. The summed E-state index contributed by atoms with van der Waals surface area (Å²) in [6.45, 7) is 3.08. The number of aliphatic hydroxyl groups is 1. The first kappa shape index (κ1) is 21.0. The van der Waals surface area contributed by atoms with Gasteiger partial charge in [-0.25, -0.2) is 4.39 Å². The van der Waals surface area contributed by atoms with Crippen molar-refractivity contribution >= 4 is 17.4 Å². The molecule has 28 heavy (non-hydrogen) atoms. The van der Waals surface area contributed by atoms with Crippen molar-refractivity contribution in [2.75, 3.05) is 43.4 Å². The molecule has 1 N–H and O–H groups in total. The minimum atomic E-state index is -4.34. The zero-order chi connectivity index (χ0) is 20.1. The van der Waals surface area contributed by atoms with Crippen LogP contribution in [0.1, 0.15) is 5.56 Å². The van der Waals surface area contributed by atoms with Gasteiger partial charge in [0, 0.05) is 49.1 Å². The fourth-order valence-electron chi connectivity index (χ4n) is 3.14. The second-order valence-electron chi connectivity index (χ2n) is 6.75. The van der Waals surface area contributed by atoms with E-state index in [1.807, 2.05) is 4.90 Å². The van der Waals surface area contributed by atoms with E-state index in [1.165, 1.54) is 36.0 Å². The molecule has 3 rings (SSSR count). The van der Waals surface area contributed by atoms with Crippen molar-refractivity contribution in [2.24, 2.45) is 0 Å². The number of benzene rings is 2. The number of alkyl halides is 3.